The number of fused-ring (bicyclic) bond motifs is 1. The molecule has 0 aromatic carbocycles. The first-order chi connectivity index (χ1) is 8.43. The van der Waals surface area contributed by atoms with Crippen molar-refractivity contribution >= 4 is 22.8 Å². The van der Waals surface area contributed by atoms with Gasteiger partial charge in [0, 0.05) is 6.20 Å². The highest BCUT2D eigenvalue weighted by Crippen LogP contribution is 2.58. The lowest BCUT2D eigenvalue weighted by Gasteiger charge is -2.28. The summed E-state index contributed by atoms with van der Waals surface area (Å²) in [7, 11) is 0. The molecule has 0 spiro atoms. The van der Waals surface area contributed by atoms with Gasteiger partial charge in [0.1, 0.15) is 5.52 Å². The highest BCUT2D eigenvalue weighted by atomic mass is 35.5. The lowest BCUT2D eigenvalue weighted by atomic mass is 9.98. The second kappa shape index (κ2) is 3.60. The minimum absolute atomic E-state index is 0.216. The predicted octanol–water partition coefficient (Wildman–Crippen LogP) is 3.36. The summed E-state index contributed by atoms with van der Waals surface area (Å²) in [5, 5.41) is 0. The van der Waals surface area contributed by atoms with E-state index >= 15 is 0 Å². The van der Waals surface area contributed by atoms with Crippen molar-refractivity contribution in [3.8, 4) is 0 Å². The summed E-state index contributed by atoms with van der Waals surface area (Å²) in [5.41, 5.74) is 0.629. The normalized spacial score (nSPS) is 20.0. The minimum atomic E-state index is -4.53. The zero-order valence-corrected chi connectivity index (χ0v) is 9.89. The van der Waals surface area contributed by atoms with Gasteiger partial charge in [0.15, 0.2) is 10.5 Å². The molecule has 2 heterocycles. The zero-order chi connectivity index (χ0) is 13.0. The number of hydrogen-bond acceptors (Lipinski definition) is 2. The molecule has 18 heavy (non-hydrogen) atoms. The van der Waals surface area contributed by atoms with Crippen molar-refractivity contribution in [2.24, 2.45) is 5.92 Å². The molecule has 1 saturated carbocycles. The zero-order valence-electron chi connectivity index (χ0n) is 9.13. The van der Waals surface area contributed by atoms with Gasteiger partial charge in [-0.3, -0.25) is 0 Å². The number of nitrogens with one attached hydrogen (secondary N) is 1. The van der Waals surface area contributed by atoms with Gasteiger partial charge in [-0.2, -0.15) is 13.2 Å². The lowest BCUT2D eigenvalue weighted by molar-refractivity contribution is -0.171. The standard InChI is InChI=1S/C11H9ClF3N3/c12-10(6-1-2-6,11(13,14)15)8-5-17-9-7(18-8)3-4-16-9/h3-6H,1-2H2,(H,16,17). The molecule has 0 bridgehead atoms. The Morgan fingerprint density at radius 3 is 2.67 bits per heavy atom. The molecule has 1 N–H and O–H groups in total. The van der Waals surface area contributed by atoms with Crippen molar-refractivity contribution in [2.45, 2.75) is 23.9 Å². The first-order valence-electron chi connectivity index (χ1n) is 5.49. The van der Waals surface area contributed by atoms with E-state index in [0.29, 0.717) is 24.0 Å². The van der Waals surface area contributed by atoms with Crippen molar-refractivity contribution in [3.63, 3.8) is 0 Å². The molecule has 2 aromatic heterocycles. The first-order valence-corrected chi connectivity index (χ1v) is 5.87. The molecule has 0 aliphatic heterocycles. The second-order valence-corrected chi connectivity index (χ2v) is 5.05. The SMILES string of the molecule is FC(F)(F)C(Cl)(c1cnc2[nH]ccc2n1)C1CC1. The van der Waals surface area contributed by atoms with E-state index in [2.05, 4.69) is 15.0 Å². The third kappa shape index (κ3) is 1.59. The van der Waals surface area contributed by atoms with Crippen LogP contribution in [0.25, 0.3) is 11.2 Å². The van der Waals surface area contributed by atoms with Crippen LogP contribution in [0.4, 0.5) is 13.2 Å². The Labute approximate surface area is 105 Å². The van der Waals surface area contributed by atoms with Crippen molar-refractivity contribution in [3.05, 3.63) is 24.2 Å². The Bertz CT molecular complexity index is 590. The van der Waals surface area contributed by atoms with E-state index in [1.54, 1.807) is 12.3 Å². The summed E-state index contributed by atoms with van der Waals surface area (Å²) in [6.45, 7) is 0. The number of H-pyrrole nitrogens is 1. The molecule has 3 rings (SSSR count). The molecule has 96 valence electrons. The van der Waals surface area contributed by atoms with Gasteiger partial charge in [0.05, 0.1) is 11.9 Å². The van der Waals surface area contributed by atoms with Crippen molar-refractivity contribution in [2.75, 3.05) is 0 Å². The van der Waals surface area contributed by atoms with Crippen molar-refractivity contribution in [1.29, 1.82) is 0 Å². The monoisotopic (exact) mass is 275 g/mol. The van der Waals surface area contributed by atoms with E-state index in [4.69, 9.17) is 11.6 Å². The molecule has 1 aliphatic carbocycles. The Kier molecular flexibility index (Phi) is 2.35. The predicted molar refractivity (Wildman–Crippen MR) is 60.2 cm³/mol. The van der Waals surface area contributed by atoms with E-state index in [1.165, 1.54) is 0 Å². The molecule has 1 fully saturated rings. The summed E-state index contributed by atoms with van der Waals surface area (Å²) in [5.74, 6) is -0.607. The Balaban J connectivity index is 2.14. The maximum Gasteiger partial charge on any atom is 0.413 e. The quantitative estimate of drug-likeness (QED) is 0.854. The average molecular weight is 276 g/mol. The summed E-state index contributed by atoms with van der Waals surface area (Å²) in [4.78, 5) is 8.29. The van der Waals surface area contributed by atoms with Crippen LogP contribution in [0.2, 0.25) is 0 Å². The van der Waals surface area contributed by atoms with E-state index < -0.39 is 17.0 Å². The van der Waals surface area contributed by atoms with Gasteiger partial charge in [0.2, 0.25) is 0 Å². The van der Waals surface area contributed by atoms with Gasteiger partial charge < -0.3 is 4.98 Å². The largest absolute Gasteiger partial charge is 0.413 e. The molecule has 0 radical (unpaired) electrons. The van der Waals surface area contributed by atoms with Crippen LogP contribution >= 0.6 is 11.6 Å². The van der Waals surface area contributed by atoms with Crippen LogP contribution < -0.4 is 0 Å². The lowest BCUT2D eigenvalue weighted by Crippen LogP contribution is -2.40. The molecule has 3 nitrogen and oxygen atoms in total. The van der Waals surface area contributed by atoms with Crippen LogP contribution in [-0.4, -0.2) is 21.1 Å². The molecular weight excluding hydrogens is 267 g/mol. The minimum Gasteiger partial charge on any atom is -0.345 e. The Morgan fingerprint density at radius 1 is 1.33 bits per heavy atom. The van der Waals surface area contributed by atoms with E-state index in [9.17, 15) is 13.2 Å². The van der Waals surface area contributed by atoms with Gasteiger partial charge in [-0.1, -0.05) is 0 Å². The highest BCUT2D eigenvalue weighted by molar-refractivity contribution is 6.24. The third-order valence-electron chi connectivity index (χ3n) is 3.19. The van der Waals surface area contributed by atoms with E-state index in [0.717, 1.165) is 6.20 Å². The van der Waals surface area contributed by atoms with Crippen LogP contribution in [0.15, 0.2) is 18.5 Å². The third-order valence-corrected chi connectivity index (χ3v) is 3.90. The van der Waals surface area contributed by atoms with Crippen LogP contribution in [0.1, 0.15) is 18.5 Å². The van der Waals surface area contributed by atoms with E-state index in [-0.39, 0.29) is 5.69 Å². The number of alkyl halides is 4. The van der Waals surface area contributed by atoms with Crippen LogP contribution in [0, 0.1) is 5.92 Å². The fraction of sp³-hybridized carbons (Fsp3) is 0.455. The first kappa shape index (κ1) is 11.8. The van der Waals surface area contributed by atoms with Gasteiger partial charge in [-0.25, -0.2) is 9.97 Å². The van der Waals surface area contributed by atoms with Gasteiger partial charge in [0.25, 0.3) is 0 Å². The Morgan fingerprint density at radius 2 is 2.06 bits per heavy atom. The maximum atomic E-state index is 13.2. The van der Waals surface area contributed by atoms with Gasteiger partial charge in [-0.05, 0) is 24.8 Å². The van der Waals surface area contributed by atoms with Crippen LogP contribution in [-0.2, 0) is 4.87 Å². The second-order valence-electron chi connectivity index (χ2n) is 4.45. The van der Waals surface area contributed by atoms with Crippen molar-refractivity contribution < 1.29 is 13.2 Å². The number of aromatic nitrogens is 3. The molecule has 2 aromatic rings. The van der Waals surface area contributed by atoms with Crippen LogP contribution in [0.3, 0.4) is 0 Å². The number of aromatic amines is 1. The van der Waals surface area contributed by atoms with Gasteiger partial charge in [-0.15, -0.1) is 11.6 Å². The molecule has 0 amide bonds. The van der Waals surface area contributed by atoms with Gasteiger partial charge >= 0.3 is 6.18 Å². The number of nitrogens with zero attached hydrogens (tertiary/aromatic N) is 2. The smallest absolute Gasteiger partial charge is 0.345 e. The number of hydrogen-bond donors (Lipinski definition) is 1. The highest BCUT2D eigenvalue weighted by Gasteiger charge is 2.63. The molecule has 1 aliphatic rings. The molecular formula is C11H9ClF3N3. The molecule has 1 atom stereocenters. The van der Waals surface area contributed by atoms with E-state index in [1.807, 2.05) is 0 Å². The number of halogens is 4. The summed E-state index contributed by atoms with van der Waals surface area (Å²) >= 11 is 5.87. The molecule has 1 unspecified atom stereocenters. The summed E-state index contributed by atoms with van der Waals surface area (Å²) in [6.07, 6.45) is -0.910. The summed E-state index contributed by atoms with van der Waals surface area (Å²) < 4.78 is 39.6. The van der Waals surface area contributed by atoms with Crippen LogP contribution in [0.5, 0.6) is 0 Å². The topological polar surface area (TPSA) is 41.6 Å². The maximum absolute atomic E-state index is 13.2. The van der Waals surface area contributed by atoms with Crippen molar-refractivity contribution in [1.82, 2.24) is 15.0 Å². The fourth-order valence-corrected chi connectivity index (χ4v) is 2.38. The average Bonchev–Trinajstić information content (AvgIpc) is 3.04. The summed E-state index contributed by atoms with van der Waals surface area (Å²) in [6, 6.07) is 1.58. The molecule has 0 saturated heterocycles. The fourth-order valence-electron chi connectivity index (χ4n) is 2.07. The number of rotatable bonds is 2. The molecule has 7 heteroatoms. The Hall–Kier alpha value is -1.30.